The maximum atomic E-state index is 5.96. The molecule has 1 atom stereocenters. The number of nitrogens with zero attached hydrogens (tertiary/aromatic N) is 2. The van der Waals surface area contributed by atoms with Crippen LogP contribution in [0, 0.1) is 6.92 Å². The van der Waals surface area contributed by atoms with E-state index in [-0.39, 0.29) is 0 Å². The highest BCUT2D eigenvalue weighted by molar-refractivity contribution is 5.55. The molecule has 1 aromatic rings. The number of unbranched alkanes of at least 4 members (excludes halogenated alkanes) is 1. The zero-order valence-corrected chi connectivity index (χ0v) is 11.5. The van der Waals surface area contributed by atoms with Crippen molar-refractivity contribution < 1.29 is 0 Å². The Bertz CT molecular complexity index is 349. The van der Waals surface area contributed by atoms with Crippen LogP contribution in [0.15, 0.2) is 12.3 Å². The number of pyridine rings is 1. The van der Waals surface area contributed by atoms with E-state index < -0.39 is 0 Å². The van der Waals surface area contributed by atoms with Crippen molar-refractivity contribution in [1.29, 1.82) is 0 Å². The van der Waals surface area contributed by atoms with Crippen molar-refractivity contribution in [2.75, 3.05) is 17.2 Å². The van der Waals surface area contributed by atoms with Gasteiger partial charge in [0.1, 0.15) is 5.82 Å². The van der Waals surface area contributed by atoms with Crippen molar-refractivity contribution in [3.8, 4) is 0 Å². The summed E-state index contributed by atoms with van der Waals surface area (Å²) in [5.74, 6) is 1.01. The fourth-order valence-electron chi connectivity index (χ4n) is 1.79. The summed E-state index contributed by atoms with van der Waals surface area (Å²) in [5, 5.41) is 0. The van der Waals surface area contributed by atoms with Crippen molar-refractivity contribution in [2.45, 2.75) is 53.0 Å². The number of nitrogen functional groups attached to an aromatic ring is 1. The summed E-state index contributed by atoms with van der Waals surface area (Å²) >= 11 is 0. The van der Waals surface area contributed by atoms with Gasteiger partial charge in [0.05, 0.1) is 0 Å². The normalized spacial score (nSPS) is 12.5. The van der Waals surface area contributed by atoms with Crippen molar-refractivity contribution >= 4 is 11.5 Å². The Morgan fingerprint density at radius 1 is 1.41 bits per heavy atom. The fourth-order valence-corrected chi connectivity index (χ4v) is 1.79. The van der Waals surface area contributed by atoms with E-state index >= 15 is 0 Å². The van der Waals surface area contributed by atoms with Gasteiger partial charge in [0.15, 0.2) is 0 Å². The van der Waals surface area contributed by atoms with Gasteiger partial charge in [-0.2, -0.15) is 0 Å². The molecular weight excluding hydrogens is 210 g/mol. The van der Waals surface area contributed by atoms with Gasteiger partial charge in [-0.25, -0.2) is 4.98 Å². The summed E-state index contributed by atoms with van der Waals surface area (Å²) in [6.07, 6.45) is 5.39. The molecule has 0 aliphatic carbocycles. The van der Waals surface area contributed by atoms with Gasteiger partial charge in [-0.3, -0.25) is 0 Å². The third-order valence-electron chi connectivity index (χ3n) is 3.30. The van der Waals surface area contributed by atoms with Gasteiger partial charge in [0.2, 0.25) is 0 Å². The summed E-state index contributed by atoms with van der Waals surface area (Å²) in [4.78, 5) is 6.87. The van der Waals surface area contributed by atoms with E-state index in [9.17, 15) is 0 Å². The third kappa shape index (κ3) is 3.62. The van der Waals surface area contributed by atoms with Gasteiger partial charge in [-0.1, -0.05) is 20.3 Å². The number of aromatic nitrogens is 1. The molecule has 3 heteroatoms. The minimum atomic E-state index is 0.510. The Balaban J connectivity index is 2.91. The molecule has 3 nitrogen and oxygen atoms in total. The predicted octanol–water partition coefficient (Wildman–Crippen LogP) is 3.38. The first-order valence-electron chi connectivity index (χ1n) is 6.58. The van der Waals surface area contributed by atoms with E-state index in [1.165, 1.54) is 12.8 Å². The van der Waals surface area contributed by atoms with Crippen LogP contribution in [0.25, 0.3) is 0 Å². The molecule has 0 saturated carbocycles. The molecule has 0 bridgehead atoms. The van der Waals surface area contributed by atoms with Gasteiger partial charge < -0.3 is 10.6 Å². The highest BCUT2D eigenvalue weighted by atomic mass is 15.2. The Hall–Kier alpha value is -1.25. The average Bonchev–Trinajstić information content (AvgIpc) is 2.33. The molecule has 1 heterocycles. The molecule has 17 heavy (non-hydrogen) atoms. The van der Waals surface area contributed by atoms with Crippen molar-refractivity contribution in [3.63, 3.8) is 0 Å². The number of hydrogen-bond acceptors (Lipinski definition) is 3. The molecule has 0 aromatic carbocycles. The smallest absolute Gasteiger partial charge is 0.130 e. The number of hydrogen-bond donors (Lipinski definition) is 1. The van der Waals surface area contributed by atoms with E-state index in [0.29, 0.717) is 6.04 Å². The van der Waals surface area contributed by atoms with E-state index in [4.69, 9.17) is 5.73 Å². The van der Waals surface area contributed by atoms with Gasteiger partial charge in [-0.05, 0) is 32.3 Å². The summed E-state index contributed by atoms with van der Waals surface area (Å²) in [5.41, 5.74) is 7.84. The predicted molar refractivity (Wildman–Crippen MR) is 75.4 cm³/mol. The number of rotatable bonds is 6. The molecule has 1 aromatic heterocycles. The first-order valence-corrected chi connectivity index (χ1v) is 6.58. The number of nitrogens with two attached hydrogens (primary N) is 1. The zero-order valence-electron chi connectivity index (χ0n) is 11.5. The summed E-state index contributed by atoms with van der Waals surface area (Å²) in [7, 11) is 0. The van der Waals surface area contributed by atoms with E-state index in [2.05, 4.69) is 30.7 Å². The van der Waals surface area contributed by atoms with Crippen LogP contribution in [0.3, 0.4) is 0 Å². The minimum absolute atomic E-state index is 0.510. The fraction of sp³-hybridized carbons (Fsp3) is 0.643. The first-order chi connectivity index (χ1) is 8.10. The quantitative estimate of drug-likeness (QED) is 0.822. The van der Waals surface area contributed by atoms with Gasteiger partial charge in [0, 0.05) is 30.5 Å². The van der Waals surface area contributed by atoms with Crippen molar-refractivity contribution in [3.05, 3.63) is 17.8 Å². The Morgan fingerprint density at radius 2 is 2.12 bits per heavy atom. The summed E-state index contributed by atoms with van der Waals surface area (Å²) in [6.45, 7) is 9.72. The number of anilines is 2. The highest BCUT2D eigenvalue weighted by Crippen LogP contribution is 2.21. The van der Waals surface area contributed by atoms with E-state index in [1.54, 1.807) is 0 Å². The lowest BCUT2D eigenvalue weighted by Crippen LogP contribution is -2.34. The van der Waals surface area contributed by atoms with Gasteiger partial charge in [0.25, 0.3) is 0 Å². The maximum absolute atomic E-state index is 5.96. The molecule has 2 N–H and O–H groups in total. The molecule has 0 spiro atoms. The molecule has 0 fully saturated rings. The molecule has 96 valence electrons. The van der Waals surface area contributed by atoms with Gasteiger partial charge >= 0.3 is 0 Å². The summed E-state index contributed by atoms with van der Waals surface area (Å²) < 4.78 is 0. The molecule has 1 unspecified atom stereocenters. The molecule has 0 aliphatic heterocycles. The maximum Gasteiger partial charge on any atom is 0.130 e. The highest BCUT2D eigenvalue weighted by Gasteiger charge is 2.14. The van der Waals surface area contributed by atoms with Crippen LogP contribution in [0.5, 0.6) is 0 Å². The first kappa shape index (κ1) is 13.8. The molecule has 0 saturated heterocycles. The van der Waals surface area contributed by atoms with Crippen LogP contribution in [0.1, 0.15) is 45.6 Å². The third-order valence-corrected chi connectivity index (χ3v) is 3.30. The lowest BCUT2D eigenvalue weighted by Gasteiger charge is -2.30. The lowest BCUT2D eigenvalue weighted by molar-refractivity contribution is 0.590. The van der Waals surface area contributed by atoms with Gasteiger partial charge in [-0.15, -0.1) is 0 Å². The molecule has 0 amide bonds. The average molecular weight is 235 g/mol. The molecule has 0 radical (unpaired) electrons. The van der Waals surface area contributed by atoms with E-state index in [0.717, 1.165) is 30.0 Å². The Morgan fingerprint density at radius 3 is 2.65 bits per heavy atom. The zero-order chi connectivity index (χ0) is 12.8. The second kappa shape index (κ2) is 6.48. The van der Waals surface area contributed by atoms with Crippen LogP contribution < -0.4 is 10.6 Å². The van der Waals surface area contributed by atoms with Crippen LogP contribution in [-0.2, 0) is 0 Å². The molecule has 1 rings (SSSR count). The monoisotopic (exact) mass is 235 g/mol. The van der Waals surface area contributed by atoms with Crippen molar-refractivity contribution in [2.24, 2.45) is 0 Å². The van der Waals surface area contributed by atoms with Crippen molar-refractivity contribution in [1.82, 2.24) is 4.98 Å². The van der Waals surface area contributed by atoms with Crippen LogP contribution in [0.4, 0.5) is 11.5 Å². The lowest BCUT2D eigenvalue weighted by atomic mass is 10.2. The molecule has 0 aliphatic rings. The topological polar surface area (TPSA) is 42.1 Å². The van der Waals surface area contributed by atoms with Crippen LogP contribution in [0.2, 0.25) is 0 Å². The SMILES string of the molecule is CCCCN(c1cc(N)c(C)cn1)C(C)CC. The second-order valence-electron chi connectivity index (χ2n) is 4.70. The van der Waals surface area contributed by atoms with Crippen LogP contribution in [-0.4, -0.2) is 17.6 Å². The second-order valence-corrected chi connectivity index (χ2v) is 4.70. The standard InChI is InChI=1S/C14H25N3/c1-5-7-8-17(12(4)6-2)14-9-13(15)11(3)10-16-14/h9-10,12H,5-8H2,1-4H3,(H2,15,16). The summed E-state index contributed by atoms with van der Waals surface area (Å²) in [6, 6.07) is 2.51. The Labute approximate surface area is 105 Å². The van der Waals surface area contributed by atoms with Crippen LogP contribution >= 0.6 is 0 Å². The minimum Gasteiger partial charge on any atom is -0.398 e. The largest absolute Gasteiger partial charge is 0.398 e. The van der Waals surface area contributed by atoms with E-state index in [1.807, 2.05) is 19.2 Å². The molecular formula is C14H25N3. The number of aryl methyl sites for hydroxylation is 1. The Kier molecular flexibility index (Phi) is 5.26.